The molecule has 0 unspecified atom stereocenters. The second-order valence-corrected chi connectivity index (χ2v) is 6.26. The molecule has 3 nitrogen and oxygen atoms in total. The van der Waals surface area contributed by atoms with Crippen LogP contribution in [0.1, 0.15) is 65.2 Å². The van der Waals surface area contributed by atoms with E-state index < -0.39 is 0 Å². The number of rotatable bonds is 2. The van der Waals surface area contributed by atoms with Crippen molar-refractivity contribution in [3.05, 3.63) is 11.6 Å². The van der Waals surface area contributed by atoms with Crippen LogP contribution in [-0.2, 0) is 4.74 Å². The van der Waals surface area contributed by atoms with E-state index in [2.05, 4.69) is 19.9 Å². The van der Waals surface area contributed by atoms with E-state index in [1.807, 2.05) is 4.90 Å². The molecule has 1 saturated heterocycles. The van der Waals surface area contributed by atoms with Crippen molar-refractivity contribution in [2.24, 2.45) is 0 Å². The maximum atomic E-state index is 12.3. The van der Waals surface area contributed by atoms with Crippen molar-refractivity contribution in [2.75, 3.05) is 13.1 Å². The Kier molecular flexibility index (Phi) is 4.89. The van der Waals surface area contributed by atoms with E-state index in [1.54, 1.807) is 0 Å². The third kappa shape index (κ3) is 3.99. The smallest absolute Gasteiger partial charge is 0.410 e. The minimum Gasteiger partial charge on any atom is -0.439 e. The zero-order chi connectivity index (χ0) is 13.7. The molecule has 2 aliphatic rings. The van der Waals surface area contributed by atoms with E-state index in [4.69, 9.17) is 4.74 Å². The maximum absolute atomic E-state index is 12.3. The molecule has 0 N–H and O–H groups in total. The fourth-order valence-corrected chi connectivity index (χ4v) is 3.27. The number of carbonyl (C=O) groups is 1. The first-order valence-electron chi connectivity index (χ1n) is 7.75. The van der Waals surface area contributed by atoms with Crippen LogP contribution in [-0.4, -0.2) is 29.7 Å². The molecule has 1 aliphatic carbocycles. The van der Waals surface area contributed by atoms with Crippen molar-refractivity contribution in [3.8, 4) is 0 Å². The topological polar surface area (TPSA) is 29.5 Å². The van der Waals surface area contributed by atoms with Gasteiger partial charge in [0, 0.05) is 13.1 Å². The molecule has 1 heterocycles. The SMILES string of the molecule is CC(C)=CC1(OC(=O)N2CCCCC2)CCCCC1. The van der Waals surface area contributed by atoms with Crippen molar-refractivity contribution < 1.29 is 9.53 Å². The van der Waals surface area contributed by atoms with Crippen LogP contribution in [0.2, 0.25) is 0 Å². The largest absolute Gasteiger partial charge is 0.439 e. The number of allylic oxidation sites excluding steroid dienone is 1. The van der Waals surface area contributed by atoms with Gasteiger partial charge in [0.05, 0.1) is 0 Å². The van der Waals surface area contributed by atoms with Crippen LogP contribution in [0.5, 0.6) is 0 Å². The number of carbonyl (C=O) groups excluding carboxylic acids is 1. The number of likely N-dealkylation sites (tertiary alicyclic amines) is 1. The Bertz CT molecular complexity index is 333. The summed E-state index contributed by atoms with van der Waals surface area (Å²) >= 11 is 0. The van der Waals surface area contributed by atoms with Gasteiger partial charge in [0.2, 0.25) is 0 Å². The average Bonchev–Trinajstić information content (AvgIpc) is 2.39. The Morgan fingerprint density at radius 2 is 1.58 bits per heavy atom. The molecule has 2 fully saturated rings. The number of amides is 1. The van der Waals surface area contributed by atoms with Gasteiger partial charge in [-0.2, -0.15) is 0 Å². The molecule has 0 aromatic heterocycles. The molecule has 108 valence electrons. The highest BCUT2D eigenvalue weighted by atomic mass is 16.6. The molecule has 1 aliphatic heterocycles. The molecule has 0 aromatic rings. The predicted molar refractivity (Wildman–Crippen MR) is 77.2 cm³/mol. The standard InChI is InChI=1S/C16H27NO2/c1-14(2)13-16(9-5-3-6-10-16)19-15(18)17-11-7-4-8-12-17/h13H,3-12H2,1-2H3. The molecule has 3 heteroatoms. The minimum absolute atomic E-state index is 0.0981. The Morgan fingerprint density at radius 3 is 2.16 bits per heavy atom. The van der Waals surface area contributed by atoms with E-state index in [-0.39, 0.29) is 11.7 Å². The number of ether oxygens (including phenoxy) is 1. The monoisotopic (exact) mass is 265 g/mol. The van der Waals surface area contributed by atoms with Crippen molar-refractivity contribution in [1.29, 1.82) is 0 Å². The Balaban J connectivity index is 2.02. The van der Waals surface area contributed by atoms with Crippen LogP contribution in [0.3, 0.4) is 0 Å². The minimum atomic E-state index is -0.328. The number of nitrogens with zero attached hydrogens (tertiary/aromatic N) is 1. The molecule has 0 atom stereocenters. The van der Waals surface area contributed by atoms with E-state index in [0.717, 1.165) is 51.6 Å². The van der Waals surface area contributed by atoms with Gasteiger partial charge in [-0.3, -0.25) is 0 Å². The first-order chi connectivity index (χ1) is 9.11. The van der Waals surface area contributed by atoms with Crippen LogP contribution in [0.4, 0.5) is 4.79 Å². The van der Waals surface area contributed by atoms with Gasteiger partial charge in [-0.15, -0.1) is 0 Å². The van der Waals surface area contributed by atoms with Gasteiger partial charge in [0.1, 0.15) is 5.60 Å². The summed E-state index contributed by atoms with van der Waals surface area (Å²) in [6.45, 7) is 5.91. The van der Waals surface area contributed by atoms with Crippen LogP contribution in [0, 0.1) is 0 Å². The van der Waals surface area contributed by atoms with Crippen molar-refractivity contribution >= 4 is 6.09 Å². The summed E-state index contributed by atoms with van der Waals surface area (Å²) in [6, 6.07) is 0. The normalized spacial score (nSPS) is 22.7. The number of hydrogen-bond donors (Lipinski definition) is 0. The summed E-state index contributed by atoms with van der Waals surface area (Å²) in [7, 11) is 0. The first kappa shape index (κ1) is 14.4. The predicted octanol–water partition coefficient (Wildman–Crippen LogP) is 4.28. The zero-order valence-electron chi connectivity index (χ0n) is 12.4. The average molecular weight is 265 g/mol. The summed E-state index contributed by atoms with van der Waals surface area (Å²) < 4.78 is 5.94. The molecule has 1 amide bonds. The quantitative estimate of drug-likeness (QED) is 0.697. The summed E-state index contributed by atoms with van der Waals surface area (Å²) in [5.41, 5.74) is 0.916. The highest BCUT2D eigenvalue weighted by Crippen LogP contribution is 2.34. The van der Waals surface area contributed by atoms with Crippen molar-refractivity contribution in [3.63, 3.8) is 0 Å². The maximum Gasteiger partial charge on any atom is 0.410 e. The van der Waals surface area contributed by atoms with Gasteiger partial charge in [0.15, 0.2) is 0 Å². The number of piperidine rings is 1. The molecule has 19 heavy (non-hydrogen) atoms. The van der Waals surface area contributed by atoms with Gasteiger partial charge >= 0.3 is 6.09 Å². The van der Waals surface area contributed by atoms with Crippen LogP contribution >= 0.6 is 0 Å². The molecule has 0 bridgehead atoms. The van der Waals surface area contributed by atoms with Crippen LogP contribution < -0.4 is 0 Å². The fraction of sp³-hybridized carbons (Fsp3) is 0.812. The van der Waals surface area contributed by atoms with Gasteiger partial charge in [-0.1, -0.05) is 12.0 Å². The van der Waals surface area contributed by atoms with E-state index in [0.29, 0.717) is 0 Å². The summed E-state index contributed by atoms with van der Waals surface area (Å²) in [5.74, 6) is 0. The Morgan fingerprint density at radius 1 is 1.00 bits per heavy atom. The third-order valence-corrected chi connectivity index (χ3v) is 4.16. The fourth-order valence-electron chi connectivity index (χ4n) is 3.27. The lowest BCUT2D eigenvalue weighted by Crippen LogP contribution is -2.43. The molecular formula is C16H27NO2. The van der Waals surface area contributed by atoms with Crippen LogP contribution in [0.25, 0.3) is 0 Å². The Labute approximate surface area is 117 Å². The van der Waals surface area contributed by atoms with E-state index in [9.17, 15) is 4.79 Å². The van der Waals surface area contributed by atoms with Gasteiger partial charge in [-0.25, -0.2) is 4.79 Å². The second-order valence-electron chi connectivity index (χ2n) is 6.26. The summed E-state index contributed by atoms with van der Waals surface area (Å²) in [5, 5.41) is 0. The van der Waals surface area contributed by atoms with Gasteiger partial charge < -0.3 is 9.64 Å². The van der Waals surface area contributed by atoms with Gasteiger partial charge in [0.25, 0.3) is 0 Å². The zero-order valence-corrected chi connectivity index (χ0v) is 12.4. The number of hydrogen-bond acceptors (Lipinski definition) is 2. The van der Waals surface area contributed by atoms with Crippen LogP contribution in [0.15, 0.2) is 11.6 Å². The molecule has 0 radical (unpaired) electrons. The molecule has 2 rings (SSSR count). The molecule has 0 spiro atoms. The lowest BCUT2D eigenvalue weighted by molar-refractivity contribution is -0.00414. The van der Waals surface area contributed by atoms with Gasteiger partial charge in [-0.05, 0) is 64.9 Å². The third-order valence-electron chi connectivity index (χ3n) is 4.16. The lowest BCUT2D eigenvalue weighted by Gasteiger charge is -2.37. The second kappa shape index (κ2) is 6.44. The Hall–Kier alpha value is -0.990. The lowest BCUT2D eigenvalue weighted by atomic mass is 9.83. The highest BCUT2D eigenvalue weighted by molar-refractivity contribution is 5.68. The molecule has 0 aromatic carbocycles. The molecular weight excluding hydrogens is 238 g/mol. The van der Waals surface area contributed by atoms with E-state index in [1.165, 1.54) is 18.4 Å². The van der Waals surface area contributed by atoms with Crippen molar-refractivity contribution in [2.45, 2.75) is 70.8 Å². The summed E-state index contributed by atoms with van der Waals surface area (Å²) in [6.07, 6.45) is 11.1. The molecule has 1 saturated carbocycles. The van der Waals surface area contributed by atoms with E-state index >= 15 is 0 Å². The summed E-state index contributed by atoms with van der Waals surface area (Å²) in [4.78, 5) is 14.2. The first-order valence-corrected chi connectivity index (χ1v) is 7.75. The van der Waals surface area contributed by atoms with Crippen molar-refractivity contribution in [1.82, 2.24) is 4.90 Å². The highest BCUT2D eigenvalue weighted by Gasteiger charge is 2.35.